The van der Waals surface area contributed by atoms with Gasteiger partial charge in [0.25, 0.3) is 0 Å². The van der Waals surface area contributed by atoms with E-state index in [2.05, 4.69) is 5.32 Å². The molecule has 1 amide bonds. The van der Waals surface area contributed by atoms with Crippen LogP contribution in [0.15, 0.2) is 46.9 Å². The van der Waals surface area contributed by atoms with Crippen molar-refractivity contribution in [1.82, 2.24) is 4.90 Å². The Kier molecular flexibility index (Phi) is 6.97. The van der Waals surface area contributed by atoms with Crippen LogP contribution in [0.1, 0.15) is 23.0 Å². The van der Waals surface area contributed by atoms with Crippen LogP contribution in [-0.2, 0) is 16.1 Å². The quantitative estimate of drug-likeness (QED) is 0.535. The second-order valence-corrected chi connectivity index (χ2v) is 7.13. The van der Waals surface area contributed by atoms with Crippen LogP contribution in [-0.4, -0.2) is 44.1 Å². The van der Waals surface area contributed by atoms with Gasteiger partial charge in [0.05, 0.1) is 25.9 Å². The standard InChI is InChI=1S/C22H23ClN2O5/c1-4-29-22(27)21-16(15-7-5-6-8-18(15)30-21)12-25(2)13-20(26)24-17-11-14(23)9-10-19(17)28-3/h5-11H,4,12-13H2,1-3H3,(H,24,26). The summed E-state index contributed by atoms with van der Waals surface area (Å²) in [4.78, 5) is 26.7. The molecule has 0 saturated carbocycles. The van der Waals surface area contributed by atoms with Crippen molar-refractivity contribution in [3.05, 3.63) is 58.8 Å². The molecule has 0 aliphatic carbocycles. The lowest BCUT2D eigenvalue weighted by Gasteiger charge is -2.17. The number of carbonyl (C=O) groups excluding carboxylic acids is 2. The number of esters is 1. The number of anilines is 1. The lowest BCUT2D eigenvalue weighted by molar-refractivity contribution is -0.117. The molecule has 0 bridgehead atoms. The Morgan fingerprint density at radius 1 is 1.20 bits per heavy atom. The SMILES string of the molecule is CCOC(=O)c1oc2ccccc2c1CN(C)CC(=O)Nc1cc(Cl)ccc1OC. The zero-order valence-corrected chi connectivity index (χ0v) is 17.8. The molecule has 2 aromatic carbocycles. The summed E-state index contributed by atoms with van der Waals surface area (Å²) in [7, 11) is 3.30. The van der Waals surface area contributed by atoms with Crippen molar-refractivity contribution in [3.8, 4) is 5.75 Å². The van der Waals surface area contributed by atoms with Gasteiger partial charge in [-0.1, -0.05) is 29.8 Å². The summed E-state index contributed by atoms with van der Waals surface area (Å²) in [5, 5.41) is 4.10. The van der Waals surface area contributed by atoms with Crippen LogP contribution in [0.3, 0.4) is 0 Å². The van der Waals surface area contributed by atoms with Gasteiger partial charge in [0.2, 0.25) is 11.7 Å². The van der Waals surface area contributed by atoms with Gasteiger partial charge in [-0.25, -0.2) is 4.79 Å². The maximum Gasteiger partial charge on any atom is 0.374 e. The highest BCUT2D eigenvalue weighted by Crippen LogP contribution is 2.29. The molecule has 1 aromatic heterocycles. The summed E-state index contributed by atoms with van der Waals surface area (Å²) in [5.74, 6) is -0.101. The number of likely N-dealkylation sites (N-methyl/N-ethyl adjacent to an activating group) is 1. The van der Waals surface area contributed by atoms with Crippen LogP contribution >= 0.6 is 11.6 Å². The van der Waals surface area contributed by atoms with Gasteiger partial charge in [-0.2, -0.15) is 0 Å². The summed E-state index contributed by atoms with van der Waals surface area (Å²) >= 11 is 6.01. The number of halogens is 1. The number of ether oxygens (including phenoxy) is 2. The fourth-order valence-corrected chi connectivity index (χ4v) is 3.33. The third kappa shape index (κ3) is 4.93. The smallest absolute Gasteiger partial charge is 0.374 e. The molecule has 0 unspecified atom stereocenters. The first kappa shape index (κ1) is 21.7. The highest BCUT2D eigenvalue weighted by Gasteiger charge is 2.23. The molecule has 0 spiro atoms. The predicted octanol–water partition coefficient (Wildman–Crippen LogP) is 4.34. The molecule has 1 heterocycles. The van der Waals surface area contributed by atoms with E-state index in [1.807, 2.05) is 18.2 Å². The fraction of sp³-hybridized carbons (Fsp3) is 0.273. The van der Waals surface area contributed by atoms with E-state index >= 15 is 0 Å². The third-order valence-electron chi connectivity index (χ3n) is 4.44. The van der Waals surface area contributed by atoms with E-state index in [1.54, 1.807) is 43.1 Å². The van der Waals surface area contributed by atoms with E-state index in [-0.39, 0.29) is 24.8 Å². The highest BCUT2D eigenvalue weighted by molar-refractivity contribution is 6.31. The Labute approximate surface area is 179 Å². The summed E-state index contributed by atoms with van der Waals surface area (Å²) in [6.07, 6.45) is 0. The van der Waals surface area contributed by atoms with E-state index in [9.17, 15) is 9.59 Å². The molecule has 158 valence electrons. The minimum Gasteiger partial charge on any atom is -0.495 e. The van der Waals surface area contributed by atoms with Gasteiger partial charge in [0.15, 0.2) is 0 Å². The van der Waals surface area contributed by atoms with Gasteiger partial charge in [-0.3, -0.25) is 9.69 Å². The number of para-hydroxylation sites is 1. The van der Waals surface area contributed by atoms with Gasteiger partial charge in [0, 0.05) is 22.5 Å². The average molecular weight is 431 g/mol. The minimum absolute atomic E-state index is 0.0808. The van der Waals surface area contributed by atoms with Crippen LogP contribution in [0.2, 0.25) is 5.02 Å². The van der Waals surface area contributed by atoms with Crippen molar-refractivity contribution in [1.29, 1.82) is 0 Å². The Morgan fingerprint density at radius 3 is 2.70 bits per heavy atom. The van der Waals surface area contributed by atoms with E-state index in [1.165, 1.54) is 7.11 Å². The number of hydrogen-bond acceptors (Lipinski definition) is 6. The molecular formula is C22H23ClN2O5. The first-order chi connectivity index (χ1) is 14.4. The van der Waals surface area contributed by atoms with E-state index in [4.69, 9.17) is 25.5 Å². The molecule has 0 aliphatic rings. The van der Waals surface area contributed by atoms with Crippen molar-refractivity contribution in [2.75, 3.05) is 32.6 Å². The van der Waals surface area contributed by atoms with Crippen LogP contribution in [0.5, 0.6) is 5.75 Å². The number of nitrogens with zero attached hydrogens (tertiary/aromatic N) is 1. The zero-order chi connectivity index (χ0) is 21.7. The van der Waals surface area contributed by atoms with Crippen molar-refractivity contribution in [2.24, 2.45) is 0 Å². The average Bonchev–Trinajstić information content (AvgIpc) is 3.07. The second-order valence-electron chi connectivity index (χ2n) is 6.69. The number of nitrogens with one attached hydrogen (secondary N) is 1. The number of amides is 1. The molecule has 3 rings (SSSR count). The molecular weight excluding hydrogens is 408 g/mol. The molecule has 0 radical (unpaired) electrons. The Morgan fingerprint density at radius 2 is 1.97 bits per heavy atom. The maximum absolute atomic E-state index is 12.5. The lowest BCUT2D eigenvalue weighted by atomic mass is 10.1. The second kappa shape index (κ2) is 9.65. The molecule has 0 fully saturated rings. The van der Waals surface area contributed by atoms with Crippen LogP contribution in [0, 0.1) is 0 Å². The van der Waals surface area contributed by atoms with Gasteiger partial charge in [-0.05, 0) is 38.2 Å². The Balaban J connectivity index is 1.76. The van der Waals surface area contributed by atoms with Crippen molar-refractivity contribution in [2.45, 2.75) is 13.5 Å². The first-order valence-corrected chi connectivity index (χ1v) is 9.80. The number of methoxy groups -OCH3 is 1. The summed E-state index contributed by atoms with van der Waals surface area (Å²) in [6, 6.07) is 12.4. The summed E-state index contributed by atoms with van der Waals surface area (Å²) in [6.45, 7) is 2.39. The van der Waals surface area contributed by atoms with E-state index in [0.717, 1.165) is 5.39 Å². The summed E-state index contributed by atoms with van der Waals surface area (Å²) < 4.78 is 16.1. The molecule has 0 atom stereocenters. The van der Waals surface area contributed by atoms with Crippen molar-refractivity contribution in [3.63, 3.8) is 0 Å². The minimum atomic E-state index is -0.523. The van der Waals surface area contributed by atoms with E-state index in [0.29, 0.717) is 34.2 Å². The van der Waals surface area contributed by atoms with Gasteiger partial charge in [-0.15, -0.1) is 0 Å². The van der Waals surface area contributed by atoms with Crippen LogP contribution in [0.4, 0.5) is 5.69 Å². The van der Waals surface area contributed by atoms with Crippen molar-refractivity contribution >= 4 is 40.1 Å². The van der Waals surface area contributed by atoms with Gasteiger partial charge in [0.1, 0.15) is 11.3 Å². The fourth-order valence-electron chi connectivity index (χ4n) is 3.16. The zero-order valence-electron chi connectivity index (χ0n) is 17.0. The monoisotopic (exact) mass is 430 g/mol. The molecule has 0 aliphatic heterocycles. The number of fused-ring (bicyclic) bond motifs is 1. The summed E-state index contributed by atoms with van der Waals surface area (Å²) in [5.41, 5.74) is 1.76. The normalized spacial score (nSPS) is 11.0. The Hall–Kier alpha value is -3.03. The number of furan rings is 1. The first-order valence-electron chi connectivity index (χ1n) is 9.42. The number of benzene rings is 2. The number of hydrogen-bond donors (Lipinski definition) is 1. The van der Waals surface area contributed by atoms with Gasteiger partial charge < -0.3 is 19.2 Å². The molecule has 3 aromatic rings. The number of rotatable bonds is 8. The topological polar surface area (TPSA) is 81.0 Å². The lowest BCUT2D eigenvalue weighted by Crippen LogP contribution is -2.30. The van der Waals surface area contributed by atoms with Crippen molar-refractivity contribution < 1.29 is 23.5 Å². The number of carbonyl (C=O) groups is 2. The molecule has 30 heavy (non-hydrogen) atoms. The molecule has 1 N–H and O–H groups in total. The molecule has 8 heteroatoms. The molecule has 7 nitrogen and oxygen atoms in total. The van der Waals surface area contributed by atoms with E-state index < -0.39 is 5.97 Å². The maximum atomic E-state index is 12.5. The van der Waals surface area contributed by atoms with Crippen LogP contribution in [0.25, 0.3) is 11.0 Å². The van der Waals surface area contributed by atoms with Crippen LogP contribution < -0.4 is 10.1 Å². The van der Waals surface area contributed by atoms with Gasteiger partial charge >= 0.3 is 5.97 Å². The molecule has 0 saturated heterocycles. The Bertz CT molecular complexity index is 1060. The predicted molar refractivity (Wildman–Crippen MR) is 115 cm³/mol. The largest absolute Gasteiger partial charge is 0.495 e. The highest BCUT2D eigenvalue weighted by atomic mass is 35.5. The third-order valence-corrected chi connectivity index (χ3v) is 4.67.